The average Bonchev–Trinajstić information content (AvgIpc) is 3.11. The van der Waals surface area contributed by atoms with Gasteiger partial charge in [0.15, 0.2) is 9.84 Å². The van der Waals surface area contributed by atoms with Crippen LogP contribution in [0.4, 0.5) is 4.79 Å². The Bertz CT molecular complexity index is 705. The number of hydrogen-bond acceptors (Lipinski definition) is 4. The molecule has 1 N–H and O–H groups in total. The summed E-state index contributed by atoms with van der Waals surface area (Å²) in [6.07, 6.45) is 0.554. The fraction of sp³-hybridized carbons (Fsp3) is 0.385. The Morgan fingerprint density at radius 3 is 2.65 bits per heavy atom. The first-order valence-electron chi connectivity index (χ1n) is 6.29. The molecule has 1 saturated carbocycles. The molecule has 1 aromatic carbocycles. The minimum absolute atomic E-state index is 0.0870. The topological polar surface area (TPSA) is 91.8 Å². The number of sulfone groups is 1. The molecular weight excluding hydrogens is 282 g/mol. The summed E-state index contributed by atoms with van der Waals surface area (Å²) in [7, 11) is -3.35. The van der Waals surface area contributed by atoms with E-state index in [9.17, 15) is 18.0 Å². The normalized spacial score (nSPS) is 18.2. The number of rotatable bonds is 3. The van der Waals surface area contributed by atoms with Gasteiger partial charge in [0.25, 0.3) is 5.91 Å². The molecular formula is C13H13NO5S. The van der Waals surface area contributed by atoms with Crippen molar-refractivity contribution in [1.29, 1.82) is 0 Å². The highest BCUT2D eigenvalue weighted by atomic mass is 32.2. The molecule has 1 aliphatic carbocycles. The Labute approximate surface area is 115 Å². The first-order chi connectivity index (χ1) is 9.38. The maximum absolute atomic E-state index is 12.2. The van der Waals surface area contributed by atoms with Crippen molar-refractivity contribution in [3.63, 3.8) is 0 Å². The van der Waals surface area contributed by atoms with E-state index < -0.39 is 21.8 Å². The molecule has 7 heteroatoms. The summed E-state index contributed by atoms with van der Waals surface area (Å²) in [5.41, 5.74) is 0.715. The van der Waals surface area contributed by atoms with Crippen LogP contribution in [0.2, 0.25) is 0 Å². The van der Waals surface area contributed by atoms with Gasteiger partial charge >= 0.3 is 6.09 Å². The quantitative estimate of drug-likeness (QED) is 0.912. The van der Waals surface area contributed by atoms with Crippen molar-refractivity contribution in [1.82, 2.24) is 4.90 Å². The molecule has 1 aromatic rings. The number of carboxylic acid groups (broad SMARTS) is 1. The van der Waals surface area contributed by atoms with Gasteiger partial charge in [-0.2, -0.15) is 0 Å². The van der Waals surface area contributed by atoms with E-state index in [0.717, 1.165) is 12.8 Å². The number of amides is 2. The third-order valence-electron chi connectivity index (χ3n) is 3.62. The first-order valence-corrected chi connectivity index (χ1v) is 7.94. The summed E-state index contributed by atoms with van der Waals surface area (Å²) in [5, 5.41) is 8.90. The number of hydrogen-bond donors (Lipinski definition) is 1. The van der Waals surface area contributed by atoms with Crippen molar-refractivity contribution >= 4 is 21.8 Å². The van der Waals surface area contributed by atoms with Crippen LogP contribution in [0.25, 0.3) is 0 Å². The summed E-state index contributed by atoms with van der Waals surface area (Å²) >= 11 is 0. The first kappa shape index (κ1) is 13.1. The van der Waals surface area contributed by atoms with Gasteiger partial charge in [-0.05, 0) is 42.5 Å². The van der Waals surface area contributed by atoms with E-state index >= 15 is 0 Å². The van der Waals surface area contributed by atoms with Crippen molar-refractivity contribution in [2.45, 2.75) is 24.3 Å². The third kappa shape index (κ3) is 2.18. The number of fused-ring (bicyclic) bond motifs is 1. The second kappa shape index (κ2) is 4.31. The Balaban J connectivity index is 1.94. The van der Waals surface area contributed by atoms with Crippen LogP contribution in [0, 0.1) is 5.92 Å². The van der Waals surface area contributed by atoms with Gasteiger partial charge in [0.1, 0.15) is 0 Å². The second-order valence-corrected chi connectivity index (χ2v) is 7.25. The molecule has 0 saturated heterocycles. The van der Waals surface area contributed by atoms with Crippen molar-refractivity contribution in [3.05, 3.63) is 29.3 Å². The number of imide groups is 1. The lowest BCUT2D eigenvalue weighted by Gasteiger charge is -2.06. The molecule has 106 valence electrons. The molecule has 20 heavy (non-hydrogen) atoms. The summed E-state index contributed by atoms with van der Waals surface area (Å²) in [5.74, 6) is -0.230. The Morgan fingerprint density at radius 2 is 2.05 bits per heavy atom. The van der Waals surface area contributed by atoms with Crippen LogP contribution < -0.4 is 0 Å². The van der Waals surface area contributed by atoms with E-state index in [1.54, 1.807) is 0 Å². The Kier molecular flexibility index (Phi) is 2.82. The van der Waals surface area contributed by atoms with E-state index in [1.807, 2.05) is 0 Å². The molecule has 1 heterocycles. The zero-order chi connectivity index (χ0) is 14.5. The lowest BCUT2D eigenvalue weighted by atomic mass is 10.1. The van der Waals surface area contributed by atoms with E-state index in [1.165, 1.54) is 18.2 Å². The van der Waals surface area contributed by atoms with Crippen molar-refractivity contribution in [2.24, 2.45) is 5.92 Å². The van der Waals surface area contributed by atoms with E-state index in [2.05, 4.69) is 0 Å². The van der Waals surface area contributed by atoms with E-state index in [0.29, 0.717) is 10.5 Å². The lowest BCUT2D eigenvalue weighted by molar-refractivity contribution is 0.0763. The summed E-state index contributed by atoms with van der Waals surface area (Å²) < 4.78 is 24.3. The largest absolute Gasteiger partial charge is 0.465 e. The fourth-order valence-electron chi connectivity index (χ4n) is 2.34. The molecule has 0 aromatic heterocycles. The summed E-state index contributed by atoms with van der Waals surface area (Å²) in [6.45, 7) is -0.0870. The third-order valence-corrected chi connectivity index (χ3v) is 5.51. The molecule has 2 amide bonds. The number of carbonyl (C=O) groups is 2. The molecule has 0 unspecified atom stereocenters. The van der Waals surface area contributed by atoms with Crippen molar-refractivity contribution in [3.8, 4) is 0 Å². The average molecular weight is 295 g/mol. The van der Waals surface area contributed by atoms with E-state index in [4.69, 9.17) is 5.11 Å². The molecule has 0 radical (unpaired) electrons. The lowest BCUT2D eigenvalue weighted by Crippen LogP contribution is -2.29. The monoisotopic (exact) mass is 295 g/mol. The SMILES string of the molecule is O=C(O)N1Cc2cc(S(=O)(=O)CC3CC3)ccc2C1=O. The number of benzene rings is 1. The molecule has 2 aliphatic rings. The number of carbonyl (C=O) groups excluding carboxylic acids is 1. The van der Waals surface area contributed by atoms with Gasteiger partial charge in [0.05, 0.1) is 17.2 Å². The van der Waals surface area contributed by atoms with Gasteiger partial charge in [0.2, 0.25) is 0 Å². The standard InChI is InChI=1S/C13H13NO5S/c15-12-11-4-3-10(20(18,19)7-8-1-2-8)5-9(11)6-14(12)13(16)17/h3-5,8H,1-2,6-7H2,(H,16,17). The smallest absolute Gasteiger partial charge is 0.414 e. The summed E-state index contributed by atoms with van der Waals surface area (Å²) in [6, 6.07) is 4.22. The van der Waals surface area contributed by atoms with Gasteiger partial charge < -0.3 is 5.11 Å². The Hall–Kier alpha value is -1.89. The summed E-state index contributed by atoms with van der Waals surface area (Å²) in [4.78, 5) is 23.5. The fourth-order valence-corrected chi connectivity index (χ4v) is 4.08. The predicted octanol–water partition coefficient (Wildman–Crippen LogP) is 1.50. The zero-order valence-corrected chi connectivity index (χ0v) is 11.4. The zero-order valence-electron chi connectivity index (χ0n) is 10.6. The maximum Gasteiger partial charge on any atom is 0.414 e. The van der Waals surface area contributed by atoms with Crippen LogP contribution >= 0.6 is 0 Å². The molecule has 1 fully saturated rings. The van der Waals surface area contributed by atoms with Gasteiger partial charge in [-0.3, -0.25) is 4.79 Å². The van der Waals surface area contributed by atoms with Crippen LogP contribution in [-0.4, -0.2) is 36.2 Å². The van der Waals surface area contributed by atoms with Crippen LogP contribution in [0.1, 0.15) is 28.8 Å². The highest BCUT2D eigenvalue weighted by Gasteiger charge is 2.34. The van der Waals surface area contributed by atoms with Gasteiger partial charge in [-0.1, -0.05) is 0 Å². The minimum atomic E-state index is -3.35. The van der Waals surface area contributed by atoms with Crippen molar-refractivity contribution in [2.75, 3.05) is 5.75 Å². The maximum atomic E-state index is 12.2. The van der Waals surface area contributed by atoms with Crippen LogP contribution in [-0.2, 0) is 16.4 Å². The highest BCUT2D eigenvalue weighted by Crippen LogP contribution is 2.33. The van der Waals surface area contributed by atoms with Gasteiger partial charge in [-0.25, -0.2) is 18.1 Å². The van der Waals surface area contributed by atoms with Crippen molar-refractivity contribution < 1.29 is 23.1 Å². The van der Waals surface area contributed by atoms with Gasteiger partial charge in [0, 0.05) is 5.56 Å². The molecule has 3 rings (SSSR count). The minimum Gasteiger partial charge on any atom is -0.465 e. The van der Waals surface area contributed by atoms with Crippen LogP contribution in [0.15, 0.2) is 23.1 Å². The molecule has 0 spiro atoms. The predicted molar refractivity (Wildman–Crippen MR) is 69.1 cm³/mol. The van der Waals surface area contributed by atoms with Crippen LogP contribution in [0.3, 0.4) is 0 Å². The van der Waals surface area contributed by atoms with E-state index in [-0.39, 0.29) is 28.7 Å². The second-order valence-electron chi connectivity index (χ2n) is 5.22. The molecule has 1 aliphatic heterocycles. The number of nitrogens with zero attached hydrogens (tertiary/aromatic N) is 1. The Morgan fingerprint density at radius 1 is 1.35 bits per heavy atom. The van der Waals surface area contributed by atoms with Crippen LogP contribution in [0.5, 0.6) is 0 Å². The van der Waals surface area contributed by atoms with Gasteiger partial charge in [-0.15, -0.1) is 0 Å². The molecule has 0 atom stereocenters. The highest BCUT2D eigenvalue weighted by molar-refractivity contribution is 7.91. The molecule has 0 bridgehead atoms. The molecule has 6 nitrogen and oxygen atoms in total.